The number of aromatic nitrogens is 2. The van der Waals surface area contributed by atoms with Crippen LogP contribution in [0.1, 0.15) is 0 Å². The van der Waals surface area contributed by atoms with Crippen molar-refractivity contribution in [1.82, 2.24) is 9.78 Å². The lowest BCUT2D eigenvalue weighted by molar-refractivity contribution is 0.328. The average molecular weight is 268 g/mol. The maximum absolute atomic E-state index is 6.14. The van der Waals surface area contributed by atoms with E-state index < -0.39 is 0 Å². The van der Waals surface area contributed by atoms with E-state index in [1.807, 2.05) is 48.5 Å². The molecule has 20 heavy (non-hydrogen) atoms. The molecule has 0 saturated heterocycles. The number of hydrogen-bond acceptors (Lipinski definition) is 4. The van der Waals surface area contributed by atoms with Crippen LogP contribution in [0.3, 0.4) is 0 Å². The number of ether oxygens (including phenoxy) is 1. The Bertz CT molecular complexity index is 718. The highest BCUT2D eigenvalue weighted by molar-refractivity contribution is 5.89. The van der Waals surface area contributed by atoms with E-state index in [1.165, 1.54) is 0 Å². The SMILES string of the molecule is NCCOc1ccc(-n2nc3ccccc3c2N)cc1. The molecule has 0 bridgehead atoms. The molecule has 0 radical (unpaired) electrons. The molecule has 0 amide bonds. The van der Waals surface area contributed by atoms with Gasteiger partial charge in [0.2, 0.25) is 0 Å². The topological polar surface area (TPSA) is 79.1 Å². The lowest BCUT2D eigenvalue weighted by atomic mass is 10.2. The molecule has 0 saturated carbocycles. The smallest absolute Gasteiger partial charge is 0.135 e. The van der Waals surface area contributed by atoms with E-state index in [9.17, 15) is 0 Å². The van der Waals surface area contributed by atoms with Gasteiger partial charge in [0.05, 0.1) is 11.2 Å². The fourth-order valence-corrected chi connectivity index (χ4v) is 2.11. The van der Waals surface area contributed by atoms with Crippen LogP contribution < -0.4 is 16.2 Å². The van der Waals surface area contributed by atoms with Gasteiger partial charge in [-0.2, -0.15) is 5.10 Å². The molecule has 4 N–H and O–H groups in total. The van der Waals surface area contributed by atoms with Crippen molar-refractivity contribution >= 4 is 16.7 Å². The van der Waals surface area contributed by atoms with Gasteiger partial charge >= 0.3 is 0 Å². The van der Waals surface area contributed by atoms with E-state index in [0.29, 0.717) is 19.0 Å². The third-order valence-corrected chi connectivity index (χ3v) is 3.08. The molecule has 5 nitrogen and oxygen atoms in total. The lowest BCUT2D eigenvalue weighted by Crippen LogP contribution is -2.10. The first-order chi connectivity index (χ1) is 9.79. The summed E-state index contributed by atoms with van der Waals surface area (Å²) in [7, 11) is 0. The zero-order valence-corrected chi connectivity index (χ0v) is 11.0. The quantitative estimate of drug-likeness (QED) is 0.758. The van der Waals surface area contributed by atoms with Gasteiger partial charge in [0.25, 0.3) is 0 Å². The normalized spacial score (nSPS) is 10.8. The van der Waals surface area contributed by atoms with Crippen LogP contribution in [-0.4, -0.2) is 22.9 Å². The van der Waals surface area contributed by atoms with Gasteiger partial charge in [-0.15, -0.1) is 0 Å². The first-order valence-electron chi connectivity index (χ1n) is 6.46. The molecule has 2 aromatic carbocycles. The van der Waals surface area contributed by atoms with E-state index in [-0.39, 0.29) is 0 Å². The van der Waals surface area contributed by atoms with Gasteiger partial charge in [-0.3, -0.25) is 0 Å². The number of nitrogen functional groups attached to an aromatic ring is 1. The monoisotopic (exact) mass is 268 g/mol. The van der Waals surface area contributed by atoms with Crippen LogP contribution in [0.5, 0.6) is 5.75 Å². The number of anilines is 1. The predicted molar refractivity (Wildman–Crippen MR) is 80.0 cm³/mol. The molecule has 1 aromatic heterocycles. The fraction of sp³-hybridized carbons (Fsp3) is 0.133. The number of nitrogens with zero attached hydrogens (tertiary/aromatic N) is 2. The van der Waals surface area contributed by atoms with Crippen molar-refractivity contribution in [2.24, 2.45) is 5.73 Å². The number of nitrogens with two attached hydrogens (primary N) is 2. The van der Waals surface area contributed by atoms with E-state index in [2.05, 4.69) is 5.10 Å². The standard InChI is InChI=1S/C15H16N4O/c16-9-10-20-12-7-5-11(6-8-12)19-15(17)13-3-1-2-4-14(13)18-19/h1-8H,9-10,16-17H2. The van der Waals surface area contributed by atoms with Gasteiger partial charge in [0.15, 0.2) is 0 Å². The molecule has 0 spiro atoms. The molecule has 0 aliphatic heterocycles. The molecule has 0 unspecified atom stereocenters. The Hall–Kier alpha value is -2.53. The Kier molecular flexibility index (Phi) is 3.26. The highest BCUT2D eigenvalue weighted by Crippen LogP contribution is 2.24. The molecule has 102 valence electrons. The average Bonchev–Trinajstić information content (AvgIpc) is 2.83. The van der Waals surface area contributed by atoms with Crippen molar-refractivity contribution in [3.63, 3.8) is 0 Å². The summed E-state index contributed by atoms with van der Waals surface area (Å²) in [5.41, 5.74) is 13.3. The maximum Gasteiger partial charge on any atom is 0.135 e. The number of fused-ring (bicyclic) bond motifs is 1. The summed E-state index contributed by atoms with van der Waals surface area (Å²) in [5, 5.41) is 5.46. The molecule has 3 aromatic rings. The third kappa shape index (κ3) is 2.19. The van der Waals surface area contributed by atoms with E-state index in [0.717, 1.165) is 22.3 Å². The summed E-state index contributed by atoms with van der Waals surface area (Å²) < 4.78 is 7.18. The minimum absolute atomic E-state index is 0.499. The Morgan fingerprint density at radius 2 is 1.80 bits per heavy atom. The summed E-state index contributed by atoms with van der Waals surface area (Å²) >= 11 is 0. The minimum atomic E-state index is 0.499. The van der Waals surface area contributed by atoms with E-state index in [4.69, 9.17) is 16.2 Å². The van der Waals surface area contributed by atoms with Gasteiger partial charge in [0.1, 0.15) is 18.2 Å². The molecule has 0 aliphatic rings. The number of rotatable bonds is 4. The van der Waals surface area contributed by atoms with Crippen molar-refractivity contribution in [2.75, 3.05) is 18.9 Å². The van der Waals surface area contributed by atoms with Gasteiger partial charge in [-0.25, -0.2) is 4.68 Å². The van der Waals surface area contributed by atoms with Crippen molar-refractivity contribution in [3.05, 3.63) is 48.5 Å². The number of hydrogen-bond donors (Lipinski definition) is 2. The third-order valence-electron chi connectivity index (χ3n) is 3.08. The van der Waals surface area contributed by atoms with E-state index in [1.54, 1.807) is 4.68 Å². The van der Waals surface area contributed by atoms with Gasteiger partial charge in [-0.05, 0) is 36.4 Å². The molecular weight excluding hydrogens is 252 g/mol. The summed E-state index contributed by atoms with van der Waals surface area (Å²) in [4.78, 5) is 0. The molecule has 5 heteroatoms. The second-order valence-electron chi connectivity index (χ2n) is 4.45. The van der Waals surface area contributed by atoms with Crippen LogP contribution in [0.25, 0.3) is 16.6 Å². The second-order valence-corrected chi connectivity index (χ2v) is 4.45. The Labute approximate surface area is 116 Å². The molecule has 1 heterocycles. The largest absolute Gasteiger partial charge is 0.492 e. The summed E-state index contributed by atoms with van der Waals surface area (Å²) in [6.07, 6.45) is 0. The Morgan fingerprint density at radius 3 is 2.50 bits per heavy atom. The molecule has 0 aliphatic carbocycles. The highest BCUT2D eigenvalue weighted by atomic mass is 16.5. The van der Waals surface area contributed by atoms with Gasteiger partial charge in [0, 0.05) is 11.9 Å². The minimum Gasteiger partial charge on any atom is -0.492 e. The first-order valence-corrected chi connectivity index (χ1v) is 6.46. The first kappa shape index (κ1) is 12.5. The van der Waals surface area contributed by atoms with Gasteiger partial charge in [-0.1, -0.05) is 12.1 Å². The van der Waals surface area contributed by atoms with Crippen LogP contribution in [0.4, 0.5) is 5.82 Å². The highest BCUT2D eigenvalue weighted by Gasteiger charge is 2.08. The molecular formula is C15H16N4O. The second kappa shape index (κ2) is 5.22. The maximum atomic E-state index is 6.14. The lowest BCUT2D eigenvalue weighted by Gasteiger charge is -2.07. The molecule has 0 fully saturated rings. The van der Waals surface area contributed by atoms with Crippen molar-refractivity contribution in [1.29, 1.82) is 0 Å². The summed E-state index contributed by atoms with van der Waals surface area (Å²) in [6.45, 7) is 1.01. The fourth-order valence-electron chi connectivity index (χ4n) is 2.11. The van der Waals surface area contributed by atoms with Crippen LogP contribution in [0, 0.1) is 0 Å². The Balaban J connectivity index is 1.96. The summed E-state index contributed by atoms with van der Waals surface area (Å²) in [6, 6.07) is 15.4. The molecule has 0 atom stereocenters. The van der Waals surface area contributed by atoms with Crippen LogP contribution in [0.15, 0.2) is 48.5 Å². The summed E-state index contributed by atoms with van der Waals surface area (Å²) in [5.74, 6) is 1.42. The van der Waals surface area contributed by atoms with Gasteiger partial charge < -0.3 is 16.2 Å². The predicted octanol–water partition coefficient (Wildman–Crippen LogP) is 1.95. The van der Waals surface area contributed by atoms with Crippen molar-refractivity contribution < 1.29 is 4.74 Å². The zero-order valence-electron chi connectivity index (χ0n) is 11.0. The van der Waals surface area contributed by atoms with Crippen LogP contribution in [-0.2, 0) is 0 Å². The van der Waals surface area contributed by atoms with Crippen molar-refractivity contribution in [2.45, 2.75) is 0 Å². The zero-order chi connectivity index (χ0) is 13.9. The molecule has 3 rings (SSSR count). The van der Waals surface area contributed by atoms with Crippen LogP contribution in [0.2, 0.25) is 0 Å². The van der Waals surface area contributed by atoms with Crippen LogP contribution >= 0.6 is 0 Å². The number of benzene rings is 2. The van der Waals surface area contributed by atoms with Crippen molar-refractivity contribution in [3.8, 4) is 11.4 Å². The Morgan fingerprint density at radius 1 is 1.05 bits per heavy atom. The van der Waals surface area contributed by atoms with E-state index >= 15 is 0 Å².